The van der Waals surface area contributed by atoms with E-state index in [1.165, 1.54) is 6.92 Å². The molecule has 0 bridgehead atoms. The van der Waals surface area contributed by atoms with Crippen LogP contribution in [0.15, 0.2) is 5.16 Å². The van der Waals surface area contributed by atoms with Crippen LogP contribution < -0.4 is 0 Å². The molecule has 1 aliphatic heterocycles. The minimum absolute atomic E-state index is 0.0155. The van der Waals surface area contributed by atoms with E-state index in [9.17, 15) is 4.79 Å². The molecule has 1 aliphatic rings. The zero-order chi connectivity index (χ0) is 9.35. The van der Waals surface area contributed by atoms with Crippen molar-refractivity contribution in [2.24, 2.45) is 10.6 Å². The normalized spacial score (nSPS) is 23.3. The Kier molecular flexibility index (Phi) is 2.22. The summed E-state index contributed by atoms with van der Waals surface area (Å²) in [5.41, 5.74) is 0.621. The molecule has 0 saturated carbocycles. The van der Waals surface area contributed by atoms with Gasteiger partial charge in [-0.05, 0) is 0 Å². The third-order valence-electron chi connectivity index (χ3n) is 2.04. The van der Waals surface area contributed by atoms with Gasteiger partial charge < -0.3 is 4.84 Å². The monoisotopic (exact) mass is 169 g/mol. The number of Topliss-reactive ketones (excluding diaryl/α,β-unsaturated/α-hetero) is 1. The zero-order valence-corrected chi connectivity index (χ0v) is 8.05. The van der Waals surface area contributed by atoms with E-state index >= 15 is 0 Å². The first-order valence-electron chi connectivity index (χ1n) is 4.15. The summed E-state index contributed by atoms with van der Waals surface area (Å²) in [6, 6.07) is 0. The Morgan fingerprint density at radius 1 is 1.58 bits per heavy atom. The Morgan fingerprint density at radius 3 is 2.42 bits per heavy atom. The van der Waals surface area contributed by atoms with Crippen LogP contribution in [0, 0.1) is 5.41 Å². The molecule has 0 aromatic rings. The van der Waals surface area contributed by atoms with Crippen molar-refractivity contribution in [2.75, 3.05) is 0 Å². The summed E-state index contributed by atoms with van der Waals surface area (Å²) < 4.78 is 0. The first-order valence-corrected chi connectivity index (χ1v) is 4.15. The van der Waals surface area contributed by atoms with Crippen molar-refractivity contribution in [3.05, 3.63) is 0 Å². The van der Waals surface area contributed by atoms with Crippen molar-refractivity contribution in [1.29, 1.82) is 0 Å². The molecule has 0 radical (unpaired) electrons. The SMILES string of the molecule is CC(=O)C1=NO[C@H](C(C)(C)C)C1. The van der Waals surface area contributed by atoms with Gasteiger partial charge in [-0.15, -0.1) is 0 Å². The second-order valence-electron chi connectivity index (χ2n) is 4.26. The second kappa shape index (κ2) is 2.88. The zero-order valence-electron chi connectivity index (χ0n) is 8.05. The van der Waals surface area contributed by atoms with Crippen LogP contribution in [0.2, 0.25) is 0 Å². The Bertz CT molecular complexity index is 225. The van der Waals surface area contributed by atoms with Crippen LogP contribution in [0.5, 0.6) is 0 Å². The summed E-state index contributed by atoms with van der Waals surface area (Å²) in [5, 5.41) is 3.75. The van der Waals surface area contributed by atoms with E-state index in [0.29, 0.717) is 12.1 Å². The topological polar surface area (TPSA) is 38.7 Å². The predicted octanol–water partition coefficient (Wildman–Crippen LogP) is 1.77. The number of nitrogens with zero attached hydrogens (tertiary/aromatic N) is 1. The fourth-order valence-corrected chi connectivity index (χ4v) is 1.05. The lowest BCUT2D eigenvalue weighted by Gasteiger charge is -2.23. The molecular weight excluding hydrogens is 154 g/mol. The smallest absolute Gasteiger partial charge is 0.177 e. The van der Waals surface area contributed by atoms with Gasteiger partial charge >= 0.3 is 0 Å². The van der Waals surface area contributed by atoms with Crippen molar-refractivity contribution in [3.63, 3.8) is 0 Å². The van der Waals surface area contributed by atoms with E-state index in [2.05, 4.69) is 25.9 Å². The molecule has 0 saturated heterocycles. The minimum Gasteiger partial charge on any atom is -0.391 e. The second-order valence-corrected chi connectivity index (χ2v) is 4.26. The summed E-state index contributed by atoms with van der Waals surface area (Å²) in [5.74, 6) is 0.0155. The van der Waals surface area contributed by atoms with Gasteiger partial charge in [-0.3, -0.25) is 4.79 Å². The first-order chi connectivity index (χ1) is 5.41. The fraction of sp³-hybridized carbons (Fsp3) is 0.778. The molecule has 0 fully saturated rings. The van der Waals surface area contributed by atoms with E-state index in [-0.39, 0.29) is 17.3 Å². The molecule has 0 aliphatic carbocycles. The van der Waals surface area contributed by atoms with Gasteiger partial charge in [0.1, 0.15) is 11.8 Å². The van der Waals surface area contributed by atoms with Gasteiger partial charge in [0.15, 0.2) is 5.78 Å². The molecule has 0 unspecified atom stereocenters. The van der Waals surface area contributed by atoms with E-state index in [4.69, 9.17) is 4.84 Å². The Morgan fingerprint density at radius 2 is 2.17 bits per heavy atom. The summed E-state index contributed by atoms with van der Waals surface area (Å²) in [4.78, 5) is 16.1. The van der Waals surface area contributed by atoms with Crippen LogP contribution in [0.3, 0.4) is 0 Å². The van der Waals surface area contributed by atoms with Gasteiger partial charge in [0, 0.05) is 18.8 Å². The summed E-state index contributed by atoms with van der Waals surface area (Å²) >= 11 is 0. The summed E-state index contributed by atoms with van der Waals surface area (Å²) in [6.07, 6.45) is 0.704. The van der Waals surface area contributed by atoms with E-state index in [1.807, 2.05) is 0 Å². The molecular formula is C9H15NO2. The molecule has 1 heterocycles. The molecule has 0 aromatic carbocycles. The highest BCUT2D eigenvalue weighted by atomic mass is 16.6. The quantitative estimate of drug-likeness (QED) is 0.600. The summed E-state index contributed by atoms with van der Waals surface area (Å²) in [7, 11) is 0. The van der Waals surface area contributed by atoms with Crippen molar-refractivity contribution in [1.82, 2.24) is 0 Å². The number of hydrogen-bond donors (Lipinski definition) is 0. The molecule has 1 atom stereocenters. The maximum absolute atomic E-state index is 10.9. The minimum atomic E-state index is 0.0155. The molecule has 0 spiro atoms. The van der Waals surface area contributed by atoms with Crippen LogP contribution in [-0.4, -0.2) is 17.6 Å². The van der Waals surface area contributed by atoms with Crippen molar-refractivity contribution in [2.45, 2.75) is 40.2 Å². The molecule has 0 amide bonds. The van der Waals surface area contributed by atoms with Crippen LogP contribution in [0.1, 0.15) is 34.1 Å². The van der Waals surface area contributed by atoms with E-state index in [0.717, 1.165) is 0 Å². The lowest BCUT2D eigenvalue weighted by atomic mass is 9.86. The van der Waals surface area contributed by atoms with Crippen molar-refractivity contribution >= 4 is 11.5 Å². The third-order valence-corrected chi connectivity index (χ3v) is 2.04. The van der Waals surface area contributed by atoms with E-state index < -0.39 is 0 Å². The van der Waals surface area contributed by atoms with Crippen LogP contribution in [0.25, 0.3) is 0 Å². The van der Waals surface area contributed by atoms with E-state index in [1.54, 1.807) is 0 Å². The summed E-state index contributed by atoms with van der Waals surface area (Å²) in [6.45, 7) is 7.76. The van der Waals surface area contributed by atoms with Gasteiger partial charge in [0.2, 0.25) is 0 Å². The lowest BCUT2D eigenvalue weighted by Crippen LogP contribution is -2.27. The average molecular weight is 169 g/mol. The lowest BCUT2D eigenvalue weighted by molar-refractivity contribution is -0.111. The van der Waals surface area contributed by atoms with Gasteiger partial charge in [-0.1, -0.05) is 25.9 Å². The maximum Gasteiger partial charge on any atom is 0.177 e. The van der Waals surface area contributed by atoms with Gasteiger partial charge in [0.05, 0.1) is 0 Å². The van der Waals surface area contributed by atoms with Crippen molar-refractivity contribution in [3.8, 4) is 0 Å². The van der Waals surface area contributed by atoms with Gasteiger partial charge in [-0.25, -0.2) is 0 Å². The van der Waals surface area contributed by atoms with Crippen LogP contribution in [-0.2, 0) is 9.63 Å². The number of hydrogen-bond acceptors (Lipinski definition) is 3. The molecule has 1 rings (SSSR count). The van der Waals surface area contributed by atoms with Crippen molar-refractivity contribution < 1.29 is 9.63 Å². The predicted molar refractivity (Wildman–Crippen MR) is 47.1 cm³/mol. The number of oxime groups is 1. The van der Waals surface area contributed by atoms with Crippen LogP contribution in [0.4, 0.5) is 0 Å². The number of rotatable bonds is 1. The fourth-order valence-electron chi connectivity index (χ4n) is 1.05. The first kappa shape index (κ1) is 9.23. The maximum atomic E-state index is 10.9. The van der Waals surface area contributed by atoms with Crippen LogP contribution >= 0.6 is 0 Å². The highest BCUT2D eigenvalue weighted by Crippen LogP contribution is 2.28. The highest BCUT2D eigenvalue weighted by Gasteiger charge is 2.33. The molecule has 3 nitrogen and oxygen atoms in total. The number of carbonyl (C=O) groups is 1. The molecule has 12 heavy (non-hydrogen) atoms. The Labute approximate surface area is 72.8 Å². The molecule has 68 valence electrons. The molecule has 0 N–H and O–H groups in total. The Hall–Kier alpha value is -0.860. The average Bonchev–Trinajstić information content (AvgIpc) is 2.30. The van der Waals surface area contributed by atoms with Gasteiger partial charge in [-0.2, -0.15) is 0 Å². The Balaban J connectivity index is 2.59. The number of carbonyl (C=O) groups excluding carboxylic acids is 1. The molecule has 3 heteroatoms. The third kappa shape index (κ3) is 1.84. The molecule has 0 aromatic heterocycles. The van der Waals surface area contributed by atoms with Gasteiger partial charge in [0.25, 0.3) is 0 Å². The standard InChI is InChI=1S/C9H15NO2/c1-6(11)7-5-8(12-10-7)9(2,3)4/h8H,5H2,1-4H3/t8-/m0/s1. The number of ketones is 1. The largest absolute Gasteiger partial charge is 0.391 e. The highest BCUT2D eigenvalue weighted by molar-refractivity contribution is 6.39.